The van der Waals surface area contributed by atoms with Crippen LogP contribution in [0.3, 0.4) is 0 Å². The molecule has 1 aromatic carbocycles. The molecule has 3 nitrogen and oxygen atoms in total. The molecule has 0 radical (unpaired) electrons. The third-order valence-corrected chi connectivity index (χ3v) is 5.93. The first-order valence-electron chi connectivity index (χ1n) is 9.07. The Bertz CT molecular complexity index is 874. The van der Waals surface area contributed by atoms with Crippen LogP contribution in [0.4, 0.5) is 0 Å². The molecule has 132 valence electrons. The van der Waals surface area contributed by atoms with Crippen molar-refractivity contribution in [1.29, 1.82) is 0 Å². The van der Waals surface area contributed by atoms with Gasteiger partial charge in [0.25, 0.3) is 0 Å². The van der Waals surface area contributed by atoms with E-state index in [4.69, 9.17) is 16.6 Å². The molecule has 0 bridgehead atoms. The molecule has 25 heavy (non-hydrogen) atoms. The molecule has 1 saturated heterocycles. The Kier molecular flexibility index (Phi) is 4.85. The molecule has 3 aromatic rings. The summed E-state index contributed by atoms with van der Waals surface area (Å²) in [6.45, 7) is 7.89. The van der Waals surface area contributed by atoms with Crippen LogP contribution >= 0.6 is 22.9 Å². The number of aromatic nitrogens is 2. The van der Waals surface area contributed by atoms with E-state index >= 15 is 0 Å². The second-order valence-corrected chi connectivity index (χ2v) is 8.66. The summed E-state index contributed by atoms with van der Waals surface area (Å²) < 4.78 is 2.22. The van der Waals surface area contributed by atoms with Gasteiger partial charge in [-0.15, -0.1) is 11.3 Å². The Morgan fingerprint density at radius 3 is 2.80 bits per heavy atom. The zero-order valence-electron chi connectivity index (χ0n) is 14.8. The number of thiazole rings is 1. The van der Waals surface area contributed by atoms with Crippen LogP contribution < -0.4 is 0 Å². The fraction of sp³-hybridized carbons (Fsp3) is 0.450. The minimum atomic E-state index is 0.622. The topological polar surface area (TPSA) is 21.1 Å². The van der Waals surface area contributed by atoms with Crippen LogP contribution in [-0.4, -0.2) is 27.5 Å². The average Bonchev–Trinajstić information content (AvgIpc) is 3.28. The van der Waals surface area contributed by atoms with Crippen LogP contribution in [0.2, 0.25) is 5.02 Å². The van der Waals surface area contributed by atoms with E-state index in [1.165, 1.54) is 42.6 Å². The van der Waals surface area contributed by atoms with E-state index in [1.54, 1.807) is 11.3 Å². The summed E-state index contributed by atoms with van der Waals surface area (Å²) in [5.74, 6) is 0.622. The number of nitrogens with zero attached hydrogens (tertiary/aromatic N) is 3. The minimum Gasteiger partial charge on any atom is -0.297 e. The molecule has 0 spiro atoms. The molecule has 5 heteroatoms. The Balaban J connectivity index is 1.70. The van der Waals surface area contributed by atoms with Crippen LogP contribution in [0.15, 0.2) is 29.8 Å². The van der Waals surface area contributed by atoms with Gasteiger partial charge in [-0.3, -0.25) is 9.47 Å². The van der Waals surface area contributed by atoms with Gasteiger partial charge in [-0.2, -0.15) is 0 Å². The van der Waals surface area contributed by atoms with Gasteiger partial charge in [-0.25, -0.2) is 4.98 Å². The van der Waals surface area contributed by atoms with Gasteiger partial charge in [-0.05, 0) is 56.0 Å². The molecule has 1 aliphatic heterocycles. The molecule has 1 fully saturated rings. The Morgan fingerprint density at radius 1 is 1.24 bits per heavy atom. The molecular formula is C20H24ClN3S. The second kappa shape index (κ2) is 7.10. The van der Waals surface area contributed by atoms with Crippen LogP contribution in [0, 0.1) is 5.92 Å². The first-order chi connectivity index (χ1) is 12.1. The number of rotatable bonds is 5. The van der Waals surface area contributed by atoms with E-state index in [9.17, 15) is 0 Å². The van der Waals surface area contributed by atoms with Crippen molar-refractivity contribution in [3.63, 3.8) is 0 Å². The highest BCUT2D eigenvalue weighted by Crippen LogP contribution is 2.30. The Hall–Kier alpha value is -1.36. The largest absolute Gasteiger partial charge is 0.297 e. The molecule has 0 aliphatic carbocycles. The maximum atomic E-state index is 6.27. The molecule has 0 unspecified atom stereocenters. The van der Waals surface area contributed by atoms with Crippen molar-refractivity contribution in [2.75, 3.05) is 13.1 Å². The van der Waals surface area contributed by atoms with Crippen molar-refractivity contribution in [2.45, 2.75) is 39.7 Å². The quantitative estimate of drug-likeness (QED) is 0.585. The summed E-state index contributed by atoms with van der Waals surface area (Å²) in [7, 11) is 0. The zero-order valence-corrected chi connectivity index (χ0v) is 16.4. The normalized spacial score (nSPS) is 15.7. The summed E-state index contributed by atoms with van der Waals surface area (Å²) >= 11 is 8.00. The molecular weight excluding hydrogens is 350 g/mol. The van der Waals surface area contributed by atoms with Gasteiger partial charge < -0.3 is 0 Å². The number of fused-ring (bicyclic) bond motifs is 1. The second-order valence-electron chi connectivity index (χ2n) is 7.39. The van der Waals surface area contributed by atoms with Crippen LogP contribution in [0.1, 0.15) is 37.9 Å². The maximum Gasteiger partial charge on any atom is 0.194 e. The number of hydrogen-bond acceptors (Lipinski definition) is 3. The van der Waals surface area contributed by atoms with Crippen LogP contribution in [0.5, 0.6) is 0 Å². The fourth-order valence-corrected chi connectivity index (χ4v) is 4.65. The van der Waals surface area contributed by atoms with E-state index in [-0.39, 0.29) is 0 Å². The van der Waals surface area contributed by atoms with Crippen molar-refractivity contribution in [3.05, 3.63) is 46.1 Å². The lowest BCUT2D eigenvalue weighted by Crippen LogP contribution is -2.18. The number of hydrogen-bond donors (Lipinski definition) is 0. The predicted molar refractivity (Wildman–Crippen MR) is 107 cm³/mol. The summed E-state index contributed by atoms with van der Waals surface area (Å²) in [4.78, 5) is 7.41. The molecule has 2 aromatic heterocycles. The monoisotopic (exact) mass is 373 g/mol. The fourth-order valence-electron chi connectivity index (χ4n) is 3.68. The standard InChI is InChI=1S/C20H24ClN3S/c1-14(2)9-15-11-24(19-10-16(21)5-6-18(15)19)20-22-17(13-25-20)12-23-7-3-4-8-23/h5-6,10-11,13-14H,3-4,7-9,12H2,1-2H3. The summed E-state index contributed by atoms with van der Waals surface area (Å²) in [5, 5.41) is 5.30. The zero-order chi connectivity index (χ0) is 17.4. The van der Waals surface area contributed by atoms with E-state index in [0.717, 1.165) is 28.6 Å². The van der Waals surface area contributed by atoms with Crippen LogP contribution in [0.25, 0.3) is 16.0 Å². The minimum absolute atomic E-state index is 0.622. The molecule has 4 rings (SSSR count). The average molecular weight is 374 g/mol. The van der Waals surface area contributed by atoms with E-state index in [2.05, 4.69) is 47.0 Å². The van der Waals surface area contributed by atoms with Gasteiger partial charge in [0.15, 0.2) is 5.13 Å². The maximum absolute atomic E-state index is 6.27. The number of halogens is 1. The molecule has 0 N–H and O–H groups in total. The lowest BCUT2D eigenvalue weighted by molar-refractivity contribution is 0.328. The van der Waals surface area contributed by atoms with E-state index in [1.807, 2.05) is 6.07 Å². The van der Waals surface area contributed by atoms with Gasteiger partial charge in [-0.1, -0.05) is 31.5 Å². The highest BCUT2D eigenvalue weighted by molar-refractivity contribution is 7.12. The number of benzene rings is 1. The van der Waals surface area contributed by atoms with Gasteiger partial charge in [0.2, 0.25) is 0 Å². The molecule has 0 saturated carbocycles. The highest BCUT2D eigenvalue weighted by atomic mass is 35.5. The highest BCUT2D eigenvalue weighted by Gasteiger charge is 2.16. The van der Waals surface area contributed by atoms with Crippen molar-refractivity contribution < 1.29 is 0 Å². The summed E-state index contributed by atoms with van der Waals surface area (Å²) in [6, 6.07) is 6.19. The Morgan fingerprint density at radius 2 is 2.04 bits per heavy atom. The third kappa shape index (κ3) is 3.62. The van der Waals surface area contributed by atoms with Gasteiger partial charge in [0.1, 0.15) is 0 Å². The van der Waals surface area contributed by atoms with Crippen molar-refractivity contribution in [2.24, 2.45) is 5.92 Å². The van der Waals surface area contributed by atoms with Gasteiger partial charge in [0.05, 0.1) is 11.2 Å². The van der Waals surface area contributed by atoms with Crippen LogP contribution in [-0.2, 0) is 13.0 Å². The molecule has 0 atom stereocenters. The SMILES string of the molecule is CC(C)Cc1cn(-c2nc(CN3CCCC3)cs2)c2cc(Cl)ccc12. The lowest BCUT2D eigenvalue weighted by atomic mass is 10.0. The van der Waals surface area contributed by atoms with E-state index < -0.39 is 0 Å². The Labute approximate surface area is 158 Å². The predicted octanol–water partition coefficient (Wildman–Crippen LogP) is 5.53. The third-order valence-electron chi connectivity index (χ3n) is 4.81. The first kappa shape index (κ1) is 17.1. The van der Waals surface area contributed by atoms with Gasteiger partial charge in [0, 0.05) is 28.5 Å². The lowest BCUT2D eigenvalue weighted by Gasteiger charge is -2.11. The van der Waals surface area contributed by atoms with Crippen molar-refractivity contribution >= 4 is 33.8 Å². The molecule has 3 heterocycles. The summed E-state index contributed by atoms with van der Waals surface area (Å²) in [6.07, 6.45) is 5.95. The molecule has 0 amide bonds. The first-order valence-corrected chi connectivity index (χ1v) is 10.3. The summed E-state index contributed by atoms with van der Waals surface area (Å²) in [5.41, 5.74) is 3.71. The smallest absolute Gasteiger partial charge is 0.194 e. The van der Waals surface area contributed by atoms with Crippen molar-refractivity contribution in [3.8, 4) is 5.13 Å². The molecule has 1 aliphatic rings. The van der Waals surface area contributed by atoms with Crippen molar-refractivity contribution in [1.82, 2.24) is 14.5 Å². The number of likely N-dealkylation sites (tertiary alicyclic amines) is 1. The van der Waals surface area contributed by atoms with Gasteiger partial charge >= 0.3 is 0 Å². The van der Waals surface area contributed by atoms with E-state index in [0.29, 0.717) is 5.92 Å².